The van der Waals surface area contributed by atoms with E-state index in [4.69, 9.17) is 0 Å². The van der Waals surface area contributed by atoms with Gasteiger partial charge in [-0.3, -0.25) is 0 Å². The summed E-state index contributed by atoms with van der Waals surface area (Å²) in [5.41, 5.74) is -0.315. The number of hydrogen-bond donors (Lipinski definition) is 2. The fourth-order valence-corrected chi connectivity index (χ4v) is 2.98. The van der Waals surface area contributed by atoms with Crippen LogP contribution in [-0.2, 0) is 10.2 Å². The second-order valence-electron chi connectivity index (χ2n) is 5.70. The van der Waals surface area contributed by atoms with Gasteiger partial charge in [0.1, 0.15) is 0 Å². The van der Waals surface area contributed by atoms with Gasteiger partial charge in [-0.05, 0) is 18.3 Å². The first kappa shape index (κ1) is 14.9. The van der Waals surface area contributed by atoms with Crippen molar-refractivity contribution in [2.75, 3.05) is 19.6 Å². The Kier molecular flexibility index (Phi) is 4.95. The maximum absolute atomic E-state index is 11.9. The standard InChI is InChI=1S/C11H24N2O3S/c1-11(2,3)10(14)9-12-17(15,16)13-7-5-4-6-8-13/h10,12,14H,4-9H2,1-3H3. The highest BCUT2D eigenvalue weighted by Crippen LogP contribution is 2.19. The van der Waals surface area contributed by atoms with Gasteiger partial charge in [0.2, 0.25) is 0 Å². The number of aliphatic hydroxyl groups is 1. The van der Waals surface area contributed by atoms with Crippen molar-refractivity contribution < 1.29 is 13.5 Å². The van der Waals surface area contributed by atoms with Crippen molar-refractivity contribution in [1.29, 1.82) is 0 Å². The van der Waals surface area contributed by atoms with Crippen LogP contribution in [0.25, 0.3) is 0 Å². The Labute approximate surface area is 104 Å². The summed E-state index contributed by atoms with van der Waals surface area (Å²) in [6.07, 6.45) is 2.25. The first-order valence-electron chi connectivity index (χ1n) is 6.16. The predicted molar refractivity (Wildman–Crippen MR) is 67.8 cm³/mol. The molecule has 6 heteroatoms. The van der Waals surface area contributed by atoms with Gasteiger partial charge in [0.05, 0.1) is 6.10 Å². The monoisotopic (exact) mass is 264 g/mol. The summed E-state index contributed by atoms with van der Waals surface area (Å²) >= 11 is 0. The van der Waals surface area contributed by atoms with E-state index >= 15 is 0 Å². The van der Waals surface area contributed by atoms with Gasteiger partial charge in [-0.1, -0.05) is 27.2 Å². The van der Waals surface area contributed by atoms with Crippen LogP contribution in [0.5, 0.6) is 0 Å². The Morgan fingerprint density at radius 2 is 1.76 bits per heavy atom. The number of aliphatic hydroxyl groups excluding tert-OH is 1. The second-order valence-corrected chi connectivity index (χ2v) is 7.45. The van der Waals surface area contributed by atoms with E-state index < -0.39 is 16.3 Å². The van der Waals surface area contributed by atoms with Gasteiger partial charge in [0.25, 0.3) is 10.2 Å². The van der Waals surface area contributed by atoms with E-state index in [1.54, 1.807) is 0 Å². The van der Waals surface area contributed by atoms with Crippen LogP contribution < -0.4 is 4.72 Å². The Balaban J connectivity index is 2.49. The van der Waals surface area contributed by atoms with Crippen molar-refractivity contribution in [3.8, 4) is 0 Å². The first-order valence-corrected chi connectivity index (χ1v) is 7.60. The van der Waals surface area contributed by atoms with Gasteiger partial charge in [0.15, 0.2) is 0 Å². The van der Waals surface area contributed by atoms with Gasteiger partial charge in [0, 0.05) is 19.6 Å². The molecule has 0 aliphatic carbocycles. The Morgan fingerprint density at radius 1 is 1.24 bits per heavy atom. The van der Waals surface area contributed by atoms with Gasteiger partial charge in [-0.2, -0.15) is 17.4 Å². The molecule has 0 bridgehead atoms. The van der Waals surface area contributed by atoms with E-state index in [2.05, 4.69) is 4.72 Å². The van der Waals surface area contributed by atoms with E-state index in [-0.39, 0.29) is 12.0 Å². The lowest BCUT2D eigenvalue weighted by atomic mass is 9.89. The third kappa shape index (κ3) is 4.54. The molecule has 0 amide bonds. The lowest BCUT2D eigenvalue weighted by Crippen LogP contribution is -2.47. The molecule has 5 nitrogen and oxygen atoms in total. The molecule has 1 heterocycles. The van der Waals surface area contributed by atoms with Crippen LogP contribution >= 0.6 is 0 Å². The van der Waals surface area contributed by atoms with Crippen molar-refractivity contribution in [3.05, 3.63) is 0 Å². The highest BCUT2D eigenvalue weighted by atomic mass is 32.2. The molecule has 0 saturated carbocycles. The fraction of sp³-hybridized carbons (Fsp3) is 1.00. The topological polar surface area (TPSA) is 69.6 Å². The van der Waals surface area contributed by atoms with Crippen molar-refractivity contribution >= 4 is 10.2 Å². The van der Waals surface area contributed by atoms with Gasteiger partial charge in [-0.25, -0.2) is 0 Å². The molecule has 1 aliphatic heterocycles. The molecule has 1 rings (SSSR count). The molecule has 17 heavy (non-hydrogen) atoms. The summed E-state index contributed by atoms with van der Waals surface area (Å²) in [5, 5.41) is 9.80. The third-order valence-electron chi connectivity index (χ3n) is 3.11. The van der Waals surface area contributed by atoms with Crippen molar-refractivity contribution in [2.24, 2.45) is 5.41 Å². The molecule has 0 aromatic rings. The van der Waals surface area contributed by atoms with Crippen molar-refractivity contribution in [2.45, 2.75) is 46.1 Å². The van der Waals surface area contributed by atoms with E-state index in [0.29, 0.717) is 13.1 Å². The zero-order chi connectivity index (χ0) is 13.1. The molecule has 0 aromatic heterocycles. The molecular weight excluding hydrogens is 240 g/mol. The van der Waals surface area contributed by atoms with Crippen LogP contribution in [0.3, 0.4) is 0 Å². The van der Waals surface area contributed by atoms with E-state index in [1.165, 1.54) is 4.31 Å². The summed E-state index contributed by atoms with van der Waals surface area (Å²) in [6.45, 7) is 6.89. The Hall–Kier alpha value is -0.170. The second kappa shape index (κ2) is 5.65. The van der Waals surface area contributed by atoms with Gasteiger partial charge in [-0.15, -0.1) is 0 Å². The molecule has 0 aromatic carbocycles. The minimum atomic E-state index is -3.42. The van der Waals surface area contributed by atoms with E-state index in [9.17, 15) is 13.5 Å². The van der Waals surface area contributed by atoms with Crippen LogP contribution in [0.15, 0.2) is 0 Å². The zero-order valence-electron chi connectivity index (χ0n) is 10.9. The third-order valence-corrected chi connectivity index (χ3v) is 4.69. The number of hydrogen-bond acceptors (Lipinski definition) is 3. The lowest BCUT2D eigenvalue weighted by Gasteiger charge is -2.29. The molecule has 2 N–H and O–H groups in total. The van der Waals surface area contributed by atoms with Crippen LogP contribution in [0.1, 0.15) is 40.0 Å². The molecule has 1 saturated heterocycles. The molecule has 1 aliphatic rings. The summed E-state index contributed by atoms with van der Waals surface area (Å²) in [6, 6.07) is 0. The maximum Gasteiger partial charge on any atom is 0.279 e. The van der Waals surface area contributed by atoms with Crippen molar-refractivity contribution in [1.82, 2.24) is 9.03 Å². The van der Waals surface area contributed by atoms with Crippen LogP contribution in [0.4, 0.5) is 0 Å². The minimum absolute atomic E-state index is 0.0718. The van der Waals surface area contributed by atoms with Gasteiger partial charge < -0.3 is 5.11 Å². The first-order chi connectivity index (χ1) is 7.73. The average Bonchev–Trinajstić information content (AvgIpc) is 2.26. The minimum Gasteiger partial charge on any atom is -0.391 e. The summed E-state index contributed by atoms with van der Waals surface area (Å²) in [5.74, 6) is 0. The summed E-state index contributed by atoms with van der Waals surface area (Å²) in [7, 11) is -3.42. The maximum atomic E-state index is 11.9. The Morgan fingerprint density at radius 3 is 2.24 bits per heavy atom. The summed E-state index contributed by atoms with van der Waals surface area (Å²) < 4.78 is 27.8. The van der Waals surface area contributed by atoms with Crippen molar-refractivity contribution in [3.63, 3.8) is 0 Å². The Bertz CT molecular complexity index is 329. The number of nitrogens with zero attached hydrogens (tertiary/aromatic N) is 1. The largest absolute Gasteiger partial charge is 0.391 e. The molecule has 1 unspecified atom stereocenters. The van der Waals surface area contributed by atoms with E-state index in [0.717, 1.165) is 19.3 Å². The normalized spacial score (nSPS) is 21.4. The van der Waals surface area contributed by atoms with E-state index in [1.807, 2.05) is 20.8 Å². The molecule has 1 atom stereocenters. The number of nitrogens with one attached hydrogen (secondary N) is 1. The van der Waals surface area contributed by atoms with Crippen LogP contribution in [0.2, 0.25) is 0 Å². The highest BCUT2D eigenvalue weighted by Gasteiger charge is 2.27. The zero-order valence-corrected chi connectivity index (χ0v) is 11.8. The molecule has 0 spiro atoms. The van der Waals surface area contributed by atoms with Crippen LogP contribution in [-0.4, -0.2) is 43.6 Å². The summed E-state index contributed by atoms with van der Waals surface area (Å²) in [4.78, 5) is 0. The smallest absolute Gasteiger partial charge is 0.279 e. The molecular formula is C11H24N2O3S. The SMILES string of the molecule is CC(C)(C)C(O)CNS(=O)(=O)N1CCCCC1. The highest BCUT2D eigenvalue weighted by molar-refractivity contribution is 7.87. The van der Waals surface area contributed by atoms with Crippen LogP contribution in [0, 0.1) is 5.41 Å². The average molecular weight is 264 g/mol. The van der Waals surface area contributed by atoms with Gasteiger partial charge >= 0.3 is 0 Å². The molecule has 102 valence electrons. The molecule has 1 fully saturated rings. The number of piperidine rings is 1. The predicted octanol–water partition coefficient (Wildman–Crippen LogP) is 0.714. The lowest BCUT2D eigenvalue weighted by molar-refractivity contribution is 0.0672. The quantitative estimate of drug-likeness (QED) is 0.786. The number of rotatable bonds is 4. The molecule has 0 radical (unpaired) electrons. The fourth-order valence-electron chi connectivity index (χ4n) is 1.69.